The van der Waals surface area contributed by atoms with Crippen LogP contribution in [0.2, 0.25) is 0 Å². The Morgan fingerprint density at radius 3 is 2.65 bits per heavy atom. The van der Waals surface area contributed by atoms with Crippen LogP contribution in [0, 0.1) is 0 Å². The first-order valence-corrected chi connectivity index (χ1v) is 7.89. The maximum absolute atomic E-state index is 12.2. The quantitative estimate of drug-likeness (QED) is 0.917. The summed E-state index contributed by atoms with van der Waals surface area (Å²) in [6.45, 7) is 0.700. The van der Waals surface area contributed by atoms with Crippen LogP contribution in [-0.2, 0) is 0 Å². The summed E-state index contributed by atoms with van der Waals surface area (Å²) in [5.74, 6) is -0.0504. The Kier molecular flexibility index (Phi) is 5.16. The molecule has 1 N–H and O–H groups in total. The van der Waals surface area contributed by atoms with Gasteiger partial charge in [-0.2, -0.15) is 0 Å². The lowest BCUT2D eigenvalue weighted by Crippen LogP contribution is -2.53. The molecule has 0 spiro atoms. The van der Waals surface area contributed by atoms with Gasteiger partial charge in [-0.25, -0.2) is 0 Å². The van der Waals surface area contributed by atoms with Crippen LogP contribution in [0.25, 0.3) is 0 Å². The van der Waals surface area contributed by atoms with Gasteiger partial charge in [0.1, 0.15) is 0 Å². The van der Waals surface area contributed by atoms with E-state index in [4.69, 9.17) is 0 Å². The second-order valence-electron chi connectivity index (χ2n) is 5.75. The number of carbonyl (C=O) groups is 1. The zero-order valence-corrected chi connectivity index (χ0v) is 13.7. The summed E-state index contributed by atoms with van der Waals surface area (Å²) in [4.78, 5) is 18.5. The van der Waals surface area contributed by atoms with Crippen molar-refractivity contribution in [2.45, 2.75) is 37.6 Å². The Morgan fingerprint density at radius 2 is 2.05 bits per heavy atom. The number of pyridine rings is 1. The van der Waals surface area contributed by atoms with Crippen molar-refractivity contribution in [3.8, 4) is 0 Å². The summed E-state index contributed by atoms with van der Waals surface area (Å²) in [5, 5.41) is 3.08. The molecule has 0 aromatic carbocycles. The van der Waals surface area contributed by atoms with Crippen molar-refractivity contribution in [2.24, 2.45) is 0 Å². The Balaban J connectivity index is 2.00. The molecule has 0 radical (unpaired) electrons. The fraction of sp³-hybridized carbons (Fsp3) is 0.600. The number of aromatic nitrogens is 1. The molecule has 110 valence electrons. The summed E-state index contributed by atoms with van der Waals surface area (Å²) in [7, 11) is 4.22. The van der Waals surface area contributed by atoms with Crippen LogP contribution < -0.4 is 5.32 Å². The number of amides is 1. The third-order valence-electron chi connectivity index (χ3n) is 4.28. The fourth-order valence-corrected chi connectivity index (χ4v) is 3.24. The van der Waals surface area contributed by atoms with Crippen LogP contribution in [0.4, 0.5) is 0 Å². The van der Waals surface area contributed by atoms with Gasteiger partial charge in [0.15, 0.2) is 0 Å². The highest BCUT2D eigenvalue weighted by Gasteiger charge is 2.34. The van der Waals surface area contributed by atoms with E-state index >= 15 is 0 Å². The molecule has 4 nitrogen and oxygen atoms in total. The van der Waals surface area contributed by atoms with Crippen LogP contribution in [0.1, 0.15) is 42.5 Å². The second kappa shape index (κ2) is 6.68. The highest BCUT2D eigenvalue weighted by molar-refractivity contribution is 9.10. The average molecular weight is 340 g/mol. The predicted molar refractivity (Wildman–Crippen MR) is 83.8 cm³/mol. The van der Waals surface area contributed by atoms with Crippen LogP contribution in [0.5, 0.6) is 0 Å². The van der Waals surface area contributed by atoms with E-state index in [2.05, 4.69) is 45.2 Å². The summed E-state index contributed by atoms with van der Waals surface area (Å²) in [6.07, 6.45) is 9.37. The molecule has 0 aliphatic heterocycles. The zero-order chi connectivity index (χ0) is 14.6. The van der Waals surface area contributed by atoms with E-state index in [1.54, 1.807) is 18.5 Å². The fourth-order valence-electron chi connectivity index (χ4n) is 2.87. The van der Waals surface area contributed by atoms with Gasteiger partial charge in [0, 0.05) is 29.0 Å². The van der Waals surface area contributed by atoms with Crippen LogP contribution >= 0.6 is 15.9 Å². The van der Waals surface area contributed by atoms with E-state index < -0.39 is 0 Å². The van der Waals surface area contributed by atoms with Gasteiger partial charge in [0.2, 0.25) is 0 Å². The van der Waals surface area contributed by atoms with Crippen molar-refractivity contribution in [3.05, 3.63) is 28.5 Å². The first-order chi connectivity index (χ1) is 9.53. The van der Waals surface area contributed by atoms with Gasteiger partial charge in [-0.15, -0.1) is 0 Å². The number of carbonyl (C=O) groups excluding carboxylic acids is 1. The molecule has 1 heterocycles. The van der Waals surface area contributed by atoms with E-state index in [1.807, 2.05) is 0 Å². The largest absolute Gasteiger partial charge is 0.350 e. The molecular formula is C15H22BrN3O. The molecule has 20 heavy (non-hydrogen) atoms. The maximum Gasteiger partial charge on any atom is 0.252 e. The van der Waals surface area contributed by atoms with Crippen molar-refractivity contribution in [1.82, 2.24) is 15.2 Å². The lowest BCUT2D eigenvalue weighted by atomic mass is 9.80. The van der Waals surface area contributed by atoms with Gasteiger partial charge in [0.25, 0.3) is 5.91 Å². The molecule has 5 heteroatoms. The standard InChI is InChI=1S/C15H22BrN3O/c1-19(2)15(6-4-3-5-7-15)11-18-14(20)12-8-13(16)10-17-9-12/h8-10H,3-7,11H2,1-2H3,(H,18,20). The van der Waals surface area contributed by atoms with E-state index in [-0.39, 0.29) is 11.4 Å². The predicted octanol–water partition coefficient (Wildman–Crippen LogP) is 2.84. The van der Waals surface area contributed by atoms with E-state index in [0.29, 0.717) is 12.1 Å². The molecule has 2 rings (SSSR count). The van der Waals surface area contributed by atoms with E-state index in [0.717, 1.165) is 17.3 Å². The van der Waals surface area contributed by atoms with Crippen molar-refractivity contribution < 1.29 is 4.79 Å². The number of likely N-dealkylation sites (N-methyl/N-ethyl adjacent to an activating group) is 1. The van der Waals surface area contributed by atoms with Gasteiger partial charge in [-0.05, 0) is 48.9 Å². The van der Waals surface area contributed by atoms with Gasteiger partial charge in [-0.1, -0.05) is 19.3 Å². The van der Waals surface area contributed by atoms with E-state index in [9.17, 15) is 4.79 Å². The minimum absolute atomic E-state index is 0.0504. The highest BCUT2D eigenvalue weighted by atomic mass is 79.9. The molecule has 0 saturated heterocycles. The van der Waals surface area contributed by atoms with Crippen molar-refractivity contribution in [2.75, 3.05) is 20.6 Å². The Bertz CT molecular complexity index is 470. The molecular weight excluding hydrogens is 318 g/mol. The maximum atomic E-state index is 12.2. The molecule has 0 unspecified atom stereocenters. The monoisotopic (exact) mass is 339 g/mol. The van der Waals surface area contributed by atoms with E-state index in [1.165, 1.54) is 19.3 Å². The molecule has 1 aliphatic carbocycles. The van der Waals surface area contributed by atoms with Gasteiger partial charge < -0.3 is 10.2 Å². The average Bonchev–Trinajstić information content (AvgIpc) is 2.45. The number of hydrogen-bond acceptors (Lipinski definition) is 3. The first-order valence-electron chi connectivity index (χ1n) is 7.10. The zero-order valence-electron chi connectivity index (χ0n) is 12.2. The van der Waals surface area contributed by atoms with Crippen LogP contribution in [0.15, 0.2) is 22.9 Å². The molecule has 1 aromatic heterocycles. The summed E-state index contributed by atoms with van der Waals surface area (Å²) in [5.41, 5.74) is 0.706. The highest BCUT2D eigenvalue weighted by Crippen LogP contribution is 2.31. The van der Waals surface area contributed by atoms with Gasteiger partial charge in [0.05, 0.1) is 5.56 Å². The normalized spacial score (nSPS) is 18.0. The van der Waals surface area contributed by atoms with Gasteiger partial charge >= 0.3 is 0 Å². The Morgan fingerprint density at radius 1 is 1.35 bits per heavy atom. The van der Waals surface area contributed by atoms with Crippen molar-refractivity contribution in [1.29, 1.82) is 0 Å². The summed E-state index contributed by atoms with van der Waals surface area (Å²) < 4.78 is 0.824. The van der Waals surface area contributed by atoms with Crippen LogP contribution in [-0.4, -0.2) is 42.0 Å². The first kappa shape index (κ1) is 15.4. The smallest absolute Gasteiger partial charge is 0.252 e. The third kappa shape index (κ3) is 3.58. The molecule has 0 bridgehead atoms. The number of nitrogens with one attached hydrogen (secondary N) is 1. The molecule has 1 fully saturated rings. The third-order valence-corrected chi connectivity index (χ3v) is 4.71. The number of hydrogen-bond donors (Lipinski definition) is 1. The number of halogens is 1. The molecule has 1 amide bonds. The molecule has 1 saturated carbocycles. The molecule has 1 aromatic rings. The molecule has 1 aliphatic rings. The number of nitrogens with zero attached hydrogens (tertiary/aromatic N) is 2. The second-order valence-corrected chi connectivity index (χ2v) is 6.67. The van der Waals surface area contributed by atoms with Crippen molar-refractivity contribution >= 4 is 21.8 Å². The molecule has 0 atom stereocenters. The lowest BCUT2D eigenvalue weighted by molar-refractivity contribution is 0.0799. The van der Waals surface area contributed by atoms with Crippen LogP contribution in [0.3, 0.4) is 0 Å². The minimum atomic E-state index is -0.0504. The minimum Gasteiger partial charge on any atom is -0.350 e. The summed E-state index contributed by atoms with van der Waals surface area (Å²) >= 11 is 3.34. The lowest BCUT2D eigenvalue weighted by Gasteiger charge is -2.43. The number of rotatable bonds is 4. The Labute approximate surface area is 129 Å². The van der Waals surface area contributed by atoms with Crippen molar-refractivity contribution in [3.63, 3.8) is 0 Å². The summed E-state index contributed by atoms with van der Waals surface area (Å²) in [6, 6.07) is 1.80. The topological polar surface area (TPSA) is 45.2 Å². The van der Waals surface area contributed by atoms with Gasteiger partial charge in [-0.3, -0.25) is 9.78 Å². The Hall–Kier alpha value is -0.940. The SMILES string of the molecule is CN(C)C1(CNC(=O)c2cncc(Br)c2)CCCCC1.